The van der Waals surface area contributed by atoms with Crippen LogP contribution in [0.5, 0.6) is 0 Å². The van der Waals surface area contributed by atoms with Crippen molar-refractivity contribution in [2.45, 2.75) is 31.4 Å². The van der Waals surface area contributed by atoms with Gasteiger partial charge in [0.2, 0.25) is 0 Å². The molecule has 1 aromatic rings. The second-order valence-corrected chi connectivity index (χ2v) is 6.26. The van der Waals surface area contributed by atoms with Crippen LogP contribution in [0.2, 0.25) is 0 Å². The summed E-state index contributed by atoms with van der Waals surface area (Å²) in [4.78, 5) is 21.6. The topological polar surface area (TPSA) is 113 Å². The molecule has 0 unspecified atom stereocenters. The number of ether oxygens (including phenoxy) is 1. The molecule has 0 heterocycles. The minimum Gasteiger partial charge on any atom is -0.464 e. The van der Waals surface area contributed by atoms with Gasteiger partial charge >= 0.3 is 21.6 Å². The lowest BCUT2D eigenvalue weighted by Crippen LogP contribution is -2.35. The molecule has 140 valence electrons. The molecule has 0 saturated carbocycles. The summed E-state index contributed by atoms with van der Waals surface area (Å²) in [5.41, 5.74) is -5.43. The lowest BCUT2D eigenvalue weighted by Gasteiger charge is -2.17. The van der Waals surface area contributed by atoms with Gasteiger partial charge in [0.1, 0.15) is 0 Å². The number of hydrogen-bond donors (Lipinski definition) is 0. The maximum atomic E-state index is 12.4. The molecule has 0 aliphatic heterocycles. The van der Waals surface area contributed by atoms with Crippen molar-refractivity contribution in [1.29, 1.82) is 0 Å². The maximum Gasteiger partial charge on any atom is 0.523 e. The second kappa shape index (κ2) is 8.25. The number of hydrogen-bond acceptors (Lipinski definition) is 7. The van der Waals surface area contributed by atoms with E-state index in [2.05, 4.69) is 8.92 Å². The molecule has 25 heavy (non-hydrogen) atoms. The van der Waals surface area contributed by atoms with Crippen LogP contribution in [0.4, 0.5) is 18.9 Å². The summed E-state index contributed by atoms with van der Waals surface area (Å²) in [7, 11) is -5.97. The Labute approximate surface area is 140 Å². The van der Waals surface area contributed by atoms with Gasteiger partial charge in [0, 0.05) is 12.1 Å². The normalized spacial score (nSPS) is 13.3. The summed E-state index contributed by atoms with van der Waals surface area (Å²) < 4.78 is 67.8. The van der Waals surface area contributed by atoms with E-state index in [-0.39, 0.29) is 18.7 Å². The van der Waals surface area contributed by atoms with Gasteiger partial charge in [-0.15, -0.1) is 0 Å². The number of carbonyl (C=O) groups is 1. The molecule has 0 radical (unpaired) electrons. The molecule has 0 amide bonds. The maximum absolute atomic E-state index is 12.4. The third-order valence-electron chi connectivity index (χ3n) is 2.92. The lowest BCUT2D eigenvalue weighted by molar-refractivity contribution is -0.384. The molecule has 0 bridgehead atoms. The van der Waals surface area contributed by atoms with Gasteiger partial charge in [0.05, 0.1) is 11.5 Å². The smallest absolute Gasteiger partial charge is 0.464 e. The minimum atomic E-state index is -5.97. The molecule has 1 atom stereocenters. The van der Waals surface area contributed by atoms with Crippen molar-refractivity contribution in [3.05, 3.63) is 39.9 Å². The van der Waals surface area contributed by atoms with E-state index in [1.807, 2.05) is 0 Å². The standard InChI is InChI=1S/C13H14F3NO7S/c1-2-23-12(18)11(24-25(21,22)13(14,15)16)8-5-9-3-6-10(7-4-9)17(19)20/h3-4,6-7,11H,2,5,8H2,1H3/t11-/m1/s1. The number of benzene rings is 1. The first-order valence-electron chi connectivity index (χ1n) is 6.87. The average Bonchev–Trinajstić information content (AvgIpc) is 2.50. The highest BCUT2D eigenvalue weighted by Gasteiger charge is 2.49. The third kappa shape index (κ3) is 5.98. The van der Waals surface area contributed by atoms with Gasteiger partial charge in [-0.05, 0) is 25.3 Å². The number of halogens is 3. The average molecular weight is 385 g/mol. The van der Waals surface area contributed by atoms with Crippen LogP contribution < -0.4 is 0 Å². The van der Waals surface area contributed by atoms with Crippen LogP contribution >= 0.6 is 0 Å². The van der Waals surface area contributed by atoms with E-state index in [4.69, 9.17) is 0 Å². The Kier molecular flexibility index (Phi) is 6.87. The fourth-order valence-corrected chi connectivity index (χ4v) is 2.32. The number of alkyl halides is 3. The molecule has 0 aliphatic rings. The Balaban J connectivity index is 2.87. The van der Waals surface area contributed by atoms with Crippen LogP contribution in [-0.2, 0) is 30.3 Å². The first kappa shape index (κ1) is 20.8. The zero-order chi connectivity index (χ0) is 19.3. The molecule has 8 nitrogen and oxygen atoms in total. The van der Waals surface area contributed by atoms with Crippen LogP contribution in [0.3, 0.4) is 0 Å². The van der Waals surface area contributed by atoms with E-state index in [0.717, 1.165) is 0 Å². The highest BCUT2D eigenvalue weighted by atomic mass is 32.2. The highest BCUT2D eigenvalue weighted by molar-refractivity contribution is 7.87. The van der Waals surface area contributed by atoms with Gasteiger partial charge in [0.25, 0.3) is 5.69 Å². The lowest BCUT2D eigenvalue weighted by atomic mass is 10.1. The highest BCUT2D eigenvalue weighted by Crippen LogP contribution is 2.27. The number of esters is 1. The SMILES string of the molecule is CCOC(=O)[C@@H](CCc1ccc([N+](=O)[O-])cc1)OS(=O)(=O)C(F)(F)F. The van der Waals surface area contributed by atoms with E-state index >= 15 is 0 Å². The van der Waals surface area contributed by atoms with Crippen LogP contribution in [0.25, 0.3) is 0 Å². The number of nitro groups is 1. The third-order valence-corrected chi connectivity index (χ3v) is 3.97. The fourth-order valence-electron chi connectivity index (χ4n) is 1.73. The zero-order valence-corrected chi connectivity index (χ0v) is 13.7. The quantitative estimate of drug-likeness (QED) is 0.222. The van der Waals surface area contributed by atoms with Crippen molar-refractivity contribution < 1.29 is 40.2 Å². The molecule has 12 heteroatoms. The van der Waals surface area contributed by atoms with Crippen molar-refractivity contribution in [3.63, 3.8) is 0 Å². The number of non-ortho nitro benzene ring substituents is 1. The first-order chi connectivity index (χ1) is 11.5. The van der Waals surface area contributed by atoms with Crippen molar-refractivity contribution in [3.8, 4) is 0 Å². The monoisotopic (exact) mass is 385 g/mol. The second-order valence-electron chi connectivity index (χ2n) is 4.70. The molecule has 0 spiro atoms. The molecule has 0 saturated heterocycles. The van der Waals surface area contributed by atoms with E-state index < -0.39 is 39.0 Å². The Morgan fingerprint density at radius 3 is 2.28 bits per heavy atom. The summed E-state index contributed by atoms with van der Waals surface area (Å²) in [6, 6.07) is 5.00. The number of carbonyl (C=O) groups excluding carboxylic acids is 1. The van der Waals surface area contributed by atoms with Crippen molar-refractivity contribution in [2.24, 2.45) is 0 Å². The first-order valence-corrected chi connectivity index (χ1v) is 8.28. The summed E-state index contributed by atoms with van der Waals surface area (Å²) in [6.45, 7) is 1.21. The Morgan fingerprint density at radius 1 is 1.28 bits per heavy atom. The largest absolute Gasteiger partial charge is 0.523 e. The van der Waals surface area contributed by atoms with Gasteiger partial charge in [0.15, 0.2) is 6.10 Å². The summed E-state index contributed by atoms with van der Waals surface area (Å²) in [5.74, 6) is -1.25. The number of nitro benzene ring substituents is 1. The zero-order valence-electron chi connectivity index (χ0n) is 12.9. The van der Waals surface area contributed by atoms with E-state index in [1.165, 1.54) is 31.2 Å². The van der Waals surface area contributed by atoms with Crippen molar-refractivity contribution in [2.75, 3.05) is 6.61 Å². The Bertz CT molecular complexity index is 716. The Morgan fingerprint density at radius 2 is 1.84 bits per heavy atom. The summed E-state index contributed by atoms with van der Waals surface area (Å²) in [5, 5.41) is 10.5. The van der Waals surface area contributed by atoms with Crippen LogP contribution in [0.15, 0.2) is 24.3 Å². The predicted octanol–water partition coefficient (Wildman–Crippen LogP) is 2.33. The molecule has 0 N–H and O–H groups in total. The van der Waals surface area contributed by atoms with Crippen LogP contribution in [-0.4, -0.2) is 37.5 Å². The predicted molar refractivity (Wildman–Crippen MR) is 77.9 cm³/mol. The minimum absolute atomic E-state index is 0.0607. The number of nitrogens with zero attached hydrogens (tertiary/aromatic N) is 1. The molecular weight excluding hydrogens is 371 g/mol. The molecule has 0 aromatic heterocycles. The molecule has 0 aliphatic carbocycles. The van der Waals surface area contributed by atoms with E-state index in [9.17, 15) is 36.5 Å². The van der Waals surface area contributed by atoms with Gasteiger partial charge in [-0.25, -0.2) is 8.98 Å². The van der Waals surface area contributed by atoms with E-state index in [0.29, 0.717) is 5.56 Å². The molecule has 1 aromatic carbocycles. The van der Waals surface area contributed by atoms with Crippen molar-refractivity contribution >= 4 is 21.8 Å². The van der Waals surface area contributed by atoms with E-state index in [1.54, 1.807) is 0 Å². The van der Waals surface area contributed by atoms with Gasteiger partial charge in [-0.1, -0.05) is 12.1 Å². The van der Waals surface area contributed by atoms with Gasteiger partial charge in [-0.3, -0.25) is 10.1 Å². The number of aryl methyl sites for hydroxylation is 1. The number of rotatable bonds is 8. The van der Waals surface area contributed by atoms with Gasteiger partial charge < -0.3 is 4.74 Å². The van der Waals surface area contributed by atoms with Crippen LogP contribution in [0, 0.1) is 10.1 Å². The summed E-state index contributed by atoms with van der Waals surface area (Å²) in [6.07, 6.45) is -2.47. The summed E-state index contributed by atoms with van der Waals surface area (Å²) >= 11 is 0. The van der Waals surface area contributed by atoms with Crippen LogP contribution in [0.1, 0.15) is 18.9 Å². The Hall–Kier alpha value is -2.21. The fraction of sp³-hybridized carbons (Fsp3) is 0.462. The van der Waals surface area contributed by atoms with Gasteiger partial charge in [-0.2, -0.15) is 21.6 Å². The molecule has 1 rings (SSSR count). The molecular formula is C13H14F3NO7S. The molecule has 0 fully saturated rings. The van der Waals surface area contributed by atoms with Crippen molar-refractivity contribution in [1.82, 2.24) is 0 Å².